The Morgan fingerprint density at radius 1 is 1.53 bits per heavy atom. The number of rotatable bonds is 5. The lowest BCUT2D eigenvalue weighted by Gasteiger charge is -2.14. The third-order valence-electron chi connectivity index (χ3n) is 2.37. The number of methoxy groups -OCH3 is 1. The molecule has 17 heavy (non-hydrogen) atoms. The van der Waals surface area contributed by atoms with Gasteiger partial charge in [0.2, 0.25) is 0 Å². The van der Waals surface area contributed by atoms with E-state index in [4.69, 9.17) is 0 Å². The summed E-state index contributed by atoms with van der Waals surface area (Å²) in [6.45, 7) is 2.33. The van der Waals surface area contributed by atoms with Crippen LogP contribution >= 0.6 is 0 Å². The van der Waals surface area contributed by atoms with Gasteiger partial charge in [0.15, 0.2) is 0 Å². The molecular formula is C11H17N3O3. The van der Waals surface area contributed by atoms with E-state index in [0.717, 1.165) is 5.69 Å². The van der Waals surface area contributed by atoms with Gasteiger partial charge in [-0.3, -0.25) is 14.7 Å². The third-order valence-corrected chi connectivity index (χ3v) is 2.37. The van der Waals surface area contributed by atoms with Gasteiger partial charge >= 0.3 is 5.97 Å². The van der Waals surface area contributed by atoms with E-state index in [1.807, 2.05) is 6.92 Å². The molecule has 0 atom stereocenters. The van der Waals surface area contributed by atoms with Crippen molar-refractivity contribution in [1.82, 2.24) is 15.1 Å². The number of H-pyrrole nitrogens is 1. The predicted octanol–water partition coefficient (Wildman–Crippen LogP) is 0.743. The molecule has 1 heterocycles. The van der Waals surface area contributed by atoms with Crippen molar-refractivity contribution in [2.45, 2.75) is 19.8 Å². The molecule has 94 valence electrons. The average Bonchev–Trinajstić information content (AvgIpc) is 2.74. The fourth-order valence-electron chi connectivity index (χ4n) is 1.39. The second kappa shape index (κ2) is 6.03. The highest BCUT2D eigenvalue weighted by Crippen LogP contribution is 2.03. The van der Waals surface area contributed by atoms with Gasteiger partial charge < -0.3 is 9.64 Å². The number of esters is 1. The zero-order valence-corrected chi connectivity index (χ0v) is 10.3. The standard InChI is InChI=1S/C11H17N3O3/c1-8-7-9(13-12-8)11(16)14(2)6-4-5-10(15)17-3/h7H,4-6H2,1-3H3,(H,12,13). The number of aromatic amines is 1. The van der Waals surface area contributed by atoms with E-state index in [1.165, 1.54) is 7.11 Å². The Hall–Kier alpha value is -1.85. The summed E-state index contributed by atoms with van der Waals surface area (Å²) in [4.78, 5) is 24.3. The smallest absolute Gasteiger partial charge is 0.305 e. The molecule has 0 spiro atoms. The topological polar surface area (TPSA) is 75.3 Å². The molecule has 0 unspecified atom stereocenters. The van der Waals surface area contributed by atoms with Crippen LogP contribution in [0.1, 0.15) is 29.0 Å². The van der Waals surface area contributed by atoms with Crippen LogP contribution in [0.3, 0.4) is 0 Å². The van der Waals surface area contributed by atoms with Crippen molar-refractivity contribution in [2.75, 3.05) is 20.7 Å². The second-order valence-electron chi connectivity index (χ2n) is 3.84. The molecule has 0 bridgehead atoms. The molecular weight excluding hydrogens is 222 g/mol. The highest BCUT2D eigenvalue weighted by atomic mass is 16.5. The maximum absolute atomic E-state index is 11.8. The first-order chi connectivity index (χ1) is 8.04. The average molecular weight is 239 g/mol. The zero-order valence-electron chi connectivity index (χ0n) is 10.3. The number of ether oxygens (including phenoxy) is 1. The highest BCUT2D eigenvalue weighted by molar-refractivity contribution is 5.92. The van der Waals surface area contributed by atoms with Gasteiger partial charge in [-0.05, 0) is 19.4 Å². The van der Waals surface area contributed by atoms with Gasteiger partial charge in [-0.2, -0.15) is 5.10 Å². The zero-order chi connectivity index (χ0) is 12.8. The van der Waals surface area contributed by atoms with Crippen molar-refractivity contribution in [1.29, 1.82) is 0 Å². The summed E-state index contributed by atoms with van der Waals surface area (Å²) in [5.41, 5.74) is 1.24. The molecule has 1 amide bonds. The van der Waals surface area contributed by atoms with Crippen LogP contribution in [0.25, 0.3) is 0 Å². The normalized spacial score (nSPS) is 10.1. The van der Waals surface area contributed by atoms with Crippen LogP contribution in [-0.4, -0.2) is 47.7 Å². The Balaban J connectivity index is 2.40. The van der Waals surface area contributed by atoms with Crippen molar-refractivity contribution in [3.63, 3.8) is 0 Å². The lowest BCUT2D eigenvalue weighted by atomic mass is 10.3. The predicted molar refractivity (Wildman–Crippen MR) is 61.5 cm³/mol. The van der Waals surface area contributed by atoms with E-state index >= 15 is 0 Å². The number of hydrogen-bond acceptors (Lipinski definition) is 4. The van der Waals surface area contributed by atoms with Gasteiger partial charge in [-0.15, -0.1) is 0 Å². The molecule has 1 aromatic heterocycles. The molecule has 0 radical (unpaired) electrons. The van der Waals surface area contributed by atoms with Crippen molar-refractivity contribution >= 4 is 11.9 Å². The Labute approximate surface area is 99.9 Å². The summed E-state index contributed by atoms with van der Waals surface area (Å²) in [7, 11) is 3.04. The minimum absolute atomic E-state index is 0.154. The Morgan fingerprint density at radius 2 is 2.24 bits per heavy atom. The molecule has 6 heteroatoms. The van der Waals surface area contributed by atoms with Crippen molar-refractivity contribution < 1.29 is 14.3 Å². The molecule has 0 aliphatic rings. The first-order valence-corrected chi connectivity index (χ1v) is 5.39. The summed E-state index contributed by atoms with van der Waals surface area (Å²) < 4.78 is 4.52. The van der Waals surface area contributed by atoms with Crippen LogP contribution in [0.4, 0.5) is 0 Å². The fourth-order valence-corrected chi connectivity index (χ4v) is 1.39. The lowest BCUT2D eigenvalue weighted by Crippen LogP contribution is -2.28. The summed E-state index contributed by atoms with van der Waals surface area (Å²) in [5, 5.41) is 6.60. The van der Waals surface area contributed by atoms with Gasteiger partial charge in [-0.1, -0.05) is 0 Å². The molecule has 0 saturated carbocycles. The van der Waals surface area contributed by atoms with Crippen molar-refractivity contribution in [3.8, 4) is 0 Å². The van der Waals surface area contributed by atoms with Gasteiger partial charge in [0.25, 0.3) is 5.91 Å². The number of aromatic nitrogens is 2. The largest absolute Gasteiger partial charge is 0.469 e. The number of carbonyl (C=O) groups is 2. The molecule has 1 aromatic rings. The fraction of sp³-hybridized carbons (Fsp3) is 0.545. The van der Waals surface area contributed by atoms with Crippen molar-refractivity contribution in [3.05, 3.63) is 17.5 Å². The third kappa shape index (κ3) is 3.90. The minimum atomic E-state index is -0.263. The second-order valence-corrected chi connectivity index (χ2v) is 3.84. The summed E-state index contributed by atoms with van der Waals surface area (Å²) >= 11 is 0. The van der Waals surface area contributed by atoms with Gasteiger partial charge in [0.05, 0.1) is 7.11 Å². The van der Waals surface area contributed by atoms with E-state index in [1.54, 1.807) is 18.0 Å². The minimum Gasteiger partial charge on any atom is -0.469 e. The van der Waals surface area contributed by atoms with E-state index < -0.39 is 0 Å². The maximum atomic E-state index is 11.8. The van der Waals surface area contributed by atoms with Crippen LogP contribution in [0.5, 0.6) is 0 Å². The Bertz CT molecular complexity index is 400. The molecule has 1 rings (SSSR count). The first-order valence-electron chi connectivity index (χ1n) is 5.39. The van der Waals surface area contributed by atoms with E-state index in [9.17, 15) is 9.59 Å². The number of nitrogens with zero attached hydrogens (tertiary/aromatic N) is 2. The highest BCUT2D eigenvalue weighted by Gasteiger charge is 2.14. The van der Waals surface area contributed by atoms with E-state index in [0.29, 0.717) is 25.1 Å². The Kier molecular flexibility index (Phi) is 4.68. The maximum Gasteiger partial charge on any atom is 0.305 e. The number of nitrogens with one attached hydrogen (secondary N) is 1. The van der Waals surface area contributed by atoms with E-state index in [-0.39, 0.29) is 11.9 Å². The summed E-state index contributed by atoms with van der Waals surface area (Å²) in [6, 6.07) is 1.69. The van der Waals surface area contributed by atoms with Gasteiger partial charge in [0.1, 0.15) is 5.69 Å². The molecule has 0 fully saturated rings. The number of hydrogen-bond donors (Lipinski definition) is 1. The van der Waals surface area contributed by atoms with Crippen LogP contribution in [0.15, 0.2) is 6.07 Å². The molecule has 6 nitrogen and oxygen atoms in total. The monoisotopic (exact) mass is 239 g/mol. The molecule has 0 aromatic carbocycles. The molecule has 1 N–H and O–H groups in total. The van der Waals surface area contributed by atoms with Crippen LogP contribution in [0, 0.1) is 6.92 Å². The SMILES string of the molecule is COC(=O)CCCN(C)C(=O)c1cc(C)[nH]n1. The number of carbonyl (C=O) groups excluding carboxylic acids is 2. The van der Waals surface area contributed by atoms with Crippen LogP contribution < -0.4 is 0 Å². The molecule has 0 aliphatic carbocycles. The van der Waals surface area contributed by atoms with Crippen LogP contribution in [0.2, 0.25) is 0 Å². The quantitative estimate of drug-likeness (QED) is 0.769. The lowest BCUT2D eigenvalue weighted by molar-refractivity contribution is -0.140. The van der Waals surface area contributed by atoms with E-state index in [2.05, 4.69) is 14.9 Å². The van der Waals surface area contributed by atoms with Crippen LogP contribution in [-0.2, 0) is 9.53 Å². The number of amides is 1. The molecule has 0 aliphatic heterocycles. The first kappa shape index (κ1) is 13.2. The Morgan fingerprint density at radius 3 is 2.76 bits per heavy atom. The number of aryl methyl sites for hydroxylation is 1. The molecule has 0 saturated heterocycles. The van der Waals surface area contributed by atoms with Gasteiger partial charge in [0, 0.05) is 25.7 Å². The summed E-state index contributed by atoms with van der Waals surface area (Å²) in [5.74, 6) is -0.416. The van der Waals surface area contributed by atoms with Crippen molar-refractivity contribution in [2.24, 2.45) is 0 Å². The van der Waals surface area contributed by atoms with Gasteiger partial charge in [-0.25, -0.2) is 0 Å². The summed E-state index contributed by atoms with van der Waals surface area (Å²) in [6.07, 6.45) is 0.895.